The van der Waals surface area contributed by atoms with Crippen LogP contribution in [0.1, 0.15) is 36.4 Å². The summed E-state index contributed by atoms with van der Waals surface area (Å²) in [6.07, 6.45) is -0.0487. The Morgan fingerprint density at radius 2 is 1.93 bits per heavy atom. The van der Waals surface area contributed by atoms with Gasteiger partial charge in [0.1, 0.15) is 11.5 Å². The molecule has 8 nitrogen and oxygen atoms in total. The van der Waals surface area contributed by atoms with Crippen LogP contribution in [0.15, 0.2) is 46.0 Å². The van der Waals surface area contributed by atoms with E-state index in [2.05, 4.69) is 10.2 Å². The van der Waals surface area contributed by atoms with Gasteiger partial charge in [0.05, 0.1) is 11.0 Å². The molecule has 158 valence electrons. The molecule has 0 amide bonds. The maximum absolute atomic E-state index is 11.1. The van der Waals surface area contributed by atoms with Gasteiger partial charge in [0.2, 0.25) is 0 Å². The van der Waals surface area contributed by atoms with Gasteiger partial charge in [-0.1, -0.05) is 23.9 Å². The molecule has 0 saturated carbocycles. The summed E-state index contributed by atoms with van der Waals surface area (Å²) >= 11 is 1.28. The zero-order chi connectivity index (χ0) is 21.7. The number of thioether (sulfide) groups is 1. The molecule has 1 aromatic heterocycles. The van der Waals surface area contributed by atoms with Crippen LogP contribution in [0.4, 0.5) is 5.69 Å². The second-order valence-corrected chi connectivity index (χ2v) is 7.95. The number of ether oxygens (including phenoxy) is 2. The first kappa shape index (κ1) is 21.6. The number of aromatic nitrogens is 2. The van der Waals surface area contributed by atoms with Crippen LogP contribution in [0.2, 0.25) is 0 Å². The Hall–Kier alpha value is -3.07. The Kier molecular flexibility index (Phi) is 6.94. The van der Waals surface area contributed by atoms with Gasteiger partial charge in [-0.05, 0) is 51.0 Å². The van der Waals surface area contributed by atoms with E-state index in [9.17, 15) is 10.1 Å². The standard InChI is InChI=1S/C21H23N3O5S/c1-13(2)28-18-8-7-17(24(25)26)10-16(18)12-30-21-23-22-20(29-21)11-27-19-9-14(3)5-6-15(19)4/h5-10,13H,11-12H2,1-4H3. The summed E-state index contributed by atoms with van der Waals surface area (Å²) in [5.74, 6) is 2.12. The Bertz CT molecular complexity index is 1040. The number of nitro benzene ring substituents is 1. The maximum atomic E-state index is 11.1. The first-order valence-corrected chi connectivity index (χ1v) is 10.4. The van der Waals surface area contributed by atoms with Gasteiger partial charge in [-0.3, -0.25) is 10.1 Å². The summed E-state index contributed by atoms with van der Waals surface area (Å²) < 4.78 is 17.2. The SMILES string of the molecule is Cc1ccc(C)c(OCc2nnc(SCc3cc([N+](=O)[O-])ccc3OC(C)C)o2)c1. The lowest BCUT2D eigenvalue weighted by atomic mass is 10.1. The van der Waals surface area contributed by atoms with Crippen LogP contribution in [0, 0.1) is 24.0 Å². The van der Waals surface area contributed by atoms with Crippen molar-refractivity contribution in [1.82, 2.24) is 10.2 Å². The van der Waals surface area contributed by atoms with Crippen molar-refractivity contribution in [2.24, 2.45) is 0 Å². The molecule has 30 heavy (non-hydrogen) atoms. The topological polar surface area (TPSA) is 101 Å². The zero-order valence-electron chi connectivity index (χ0n) is 17.2. The number of hydrogen-bond donors (Lipinski definition) is 0. The Labute approximate surface area is 178 Å². The third-order valence-electron chi connectivity index (χ3n) is 4.11. The molecule has 0 unspecified atom stereocenters. The lowest BCUT2D eigenvalue weighted by Gasteiger charge is -2.13. The third-order valence-corrected chi connectivity index (χ3v) is 4.98. The van der Waals surface area contributed by atoms with Crippen LogP contribution >= 0.6 is 11.8 Å². The van der Waals surface area contributed by atoms with Gasteiger partial charge >= 0.3 is 0 Å². The summed E-state index contributed by atoms with van der Waals surface area (Å²) in [5.41, 5.74) is 2.83. The predicted octanol–water partition coefficient (Wildman–Crippen LogP) is 5.25. The monoisotopic (exact) mass is 429 g/mol. The molecule has 0 aliphatic rings. The Balaban J connectivity index is 1.65. The molecule has 0 fully saturated rings. The lowest BCUT2D eigenvalue weighted by Crippen LogP contribution is -2.07. The van der Waals surface area contributed by atoms with Crippen molar-refractivity contribution in [3.8, 4) is 11.5 Å². The average molecular weight is 429 g/mol. The minimum absolute atomic E-state index is 0.00912. The molecule has 0 N–H and O–H groups in total. The molecule has 3 aromatic rings. The fraction of sp³-hybridized carbons (Fsp3) is 0.333. The van der Waals surface area contributed by atoms with E-state index in [0.717, 1.165) is 16.9 Å². The molecule has 0 saturated heterocycles. The smallest absolute Gasteiger partial charge is 0.277 e. The quantitative estimate of drug-likeness (QED) is 0.258. The molecule has 1 heterocycles. The highest BCUT2D eigenvalue weighted by molar-refractivity contribution is 7.98. The second kappa shape index (κ2) is 9.62. The first-order valence-electron chi connectivity index (χ1n) is 9.41. The van der Waals surface area contributed by atoms with E-state index in [0.29, 0.717) is 28.2 Å². The number of nitro groups is 1. The van der Waals surface area contributed by atoms with Crippen molar-refractivity contribution >= 4 is 17.4 Å². The van der Waals surface area contributed by atoms with Gasteiger partial charge < -0.3 is 13.9 Å². The minimum Gasteiger partial charge on any atom is -0.491 e. The van der Waals surface area contributed by atoms with Crippen molar-refractivity contribution in [2.75, 3.05) is 0 Å². The van der Waals surface area contributed by atoms with E-state index >= 15 is 0 Å². The third kappa shape index (κ3) is 5.73. The van der Waals surface area contributed by atoms with Gasteiger partial charge in [-0.25, -0.2) is 0 Å². The largest absolute Gasteiger partial charge is 0.491 e. The summed E-state index contributed by atoms with van der Waals surface area (Å²) in [7, 11) is 0. The van der Waals surface area contributed by atoms with E-state index in [1.807, 2.05) is 45.9 Å². The number of non-ortho nitro benzene ring substituents is 1. The fourth-order valence-corrected chi connectivity index (χ4v) is 3.42. The number of benzene rings is 2. The summed E-state index contributed by atoms with van der Waals surface area (Å²) in [6, 6.07) is 10.5. The van der Waals surface area contributed by atoms with Crippen LogP contribution in [0.5, 0.6) is 11.5 Å². The van der Waals surface area contributed by atoms with Gasteiger partial charge in [0.15, 0.2) is 6.61 Å². The van der Waals surface area contributed by atoms with Crippen molar-refractivity contribution < 1.29 is 18.8 Å². The van der Waals surface area contributed by atoms with E-state index in [1.165, 1.54) is 23.9 Å². The number of hydrogen-bond acceptors (Lipinski definition) is 8. The van der Waals surface area contributed by atoms with Crippen LogP contribution in [-0.2, 0) is 12.4 Å². The van der Waals surface area contributed by atoms with Crippen molar-refractivity contribution in [3.63, 3.8) is 0 Å². The lowest BCUT2D eigenvalue weighted by molar-refractivity contribution is -0.384. The Morgan fingerprint density at radius 1 is 1.13 bits per heavy atom. The van der Waals surface area contributed by atoms with Crippen molar-refractivity contribution in [2.45, 2.75) is 51.4 Å². The van der Waals surface area contributed by atoms with Crippen LogP contribution in [0.25, 0.3) is 0 Å². The highest BCUT2D eigenvalue weighted by Crippen LogP contribution is 2.31. The Morgan fingerprint density at radius 3 is 2.67 bits per heavy atom. The van der Waals surface area contributed by atoms with E-state index in [-0.39, 0.29) is 18.4 Å². The normalized spacial score (nSPS) is 11.0. The van der Waals surface area contributed by atoms with Gasteiger partial charge in [-0.15, -0.1) is 10.2 Å². The number of nitrogens with zero attached hydrogens (tertiary/aromatic N) is 3. The summed E-state index contributed by atoms with van der Waals surface area (Å²) in [4.78, 5) is 10.7. The highest BCUT2D eigenvalue weighted by atomic mass is 32.2. The van der Waals surface area contributed by atoms with Crippen molar-refractivity contribution in [1.29, 1.82) is 0 Å². The van der Waals surface area contributed by atoms with E-state index < -0.39 is 4.92 Å². The maximum Gasteiger partial charge on any atom is 0.277 e. The molecule has 2 aromatic carbocycles. The highest BCUT2D eigenvalue weighted by Gasteiger charge is 2.15. The van der Waals surface area contributed by atoms with Crippen molar-refractivity contribution in [3.05, 3.63) is 69.1 Å². The fourth-order valence-electron chi connectivity index (χ4n) is 2.66. The molecule has 0 bridgehead atoms. The summed E-state index contributed by atoms with van der Waals surface area (Å²) in [6.45, 7) is 7.94. The van der Waals surface area contributed by atoms with Crippen LogP contribution < -0.4 is 9.47 Å². The van der Waals surface area contributed by atoms with Crippen LogP contribution in [0.3, 0.4) is 0 Å². The first-order chi connectivity index (χ1) is 14.3. The summed E-state index contributed by atoms with van der Waals surface area (Å²) in [5, 5.41) is 19.5. The molecule has 3 rings (SSSR count). The van der Waals surface area contributed by atoms with Gasteiger partial charge in [-0.2, -0.15) is 0 Å². The van der Waals surface area contributed by atoms with Gasteiger partial charge in [0.25, 0.3) is 16.8 Å². The number of aryl methyl sites for hydroxylation is 2. The predicted molar refractivity (Wildman–Crippen MR) is 113 cm³/mol. The van der Waals surface area contributed by atoms with E-state index in [1.54, 1.807) is 6.07 Å². The van der Waals surface area contributed by atoms with Gasteiger partial charge in [0, 0.05) is 23.4 Å². The molecule has 0 aliphatic heterocycles. The van der Waals surface area contributed by atoms with Crippen LogP contribution in [-0.4, -0.2) is 21.2 Å². The molecule has 0 aliphatic carbocycles. The molecular weight excluding hydrogens is 406 g/mol. The second-order valence-electron chi connectivity index (χ2n) is 7.02. The number of rotatable bonds is 9. The molecule has 0 atom stereocenters. The molecule has 0 spiro atoms. The zero-order valence-corrected chi connectivity index (χ0v) is 18.1. The minimum atomic E-state index is -0.428. The average Bonchev–Trinajstić information content (AvgIpc) is 3.15. The molecule has 9 heteroatoms. The molecule has 0 radical (unpaired) electrons. The molecular formula is C21H23N3O5S. The van der Waals surface area contributed by atoms with E-state index in [4.69, 9.17) is 13.9 Å².